The lowest BCUT2D eigenvalue weighted by Crippen LogP contribution is -2.30. The molecule has 0 aliphatic heterocycles. The molecule has 0 saturated carbocycles. The Morgan fingerprint density at radius 2 is 0.621 bits per heavy atom. The van der Waals surface area contributed by atoms with E-state index in [4.69, 9.17) is 32.3 Å². The molecule has 0 aromatic rings. The Bertz CT molecular complexity index is 2070. The third-order valence-corrected chi connectivity index (χ3v) is 15.1. The SMILES string of the molecule is CC/C=C\C/C=C\C/C=C\C/C=C\C/C=C\CCCCCC(=O)OCC(O)COP(=O)(O)OCC(O)COP(=O)(O)OCC(COC(=O)CCC/C=C\C/C=C\C/C=C\C/C=C\C/C=C\CC)OC(=O)CCCCCCCCCCCCCCCCC. The van der Waals surface area contributed by atoms with Crippen molar-refractivity contribution in [3.05, 3.63) is 122 Å². The monoisotopic (exact) mass is 1260 g/mol. The summed E-state index contributed by atoms with van der Waals surface area (Å²) in [6.07, 6.45) is 69.8. The molecule has 18 heteroatoms. The van der Waals surface area contributed by atoms with E-state index in [0.717, 1.165) is 109 Å². The normalized spacial score (nSPS) is 15.1. The van der Waals surface area contributed by atoms with E-state index in [2.05, 4.69) is 130 Å². The van der Waals surface area contributed by atoms with Crippen LogP contribution in [0.1, 0.15) is 239 Å². The van der Waals surface area contributed by atoms with Crippen LogP contribution in [0.3, 0.4) is 0 Å². The fraction of sp³-hybridized carbons (Fsp3) is 0.667. The number of carbonyl (C=O) groups excluding carboxylic acids is 3. The van der Waals surface area contributed by atoms with Gasteiger partial charge in [0.25, 0.3) is 0 Å². The topological polar surface area (TPSA) is 231 Å². The number of hydrogen-bond donors (Lipinski definition) is 4. The molecule has 0 radical (unpaired) electrons. The van der Waals surface area contributed by atoms with Gasteiger partial charge in [-0.25, -0.2) is 9.13 Å². The summed E-state index contributed by atoms with van der Waals surface area (Å²) in [5, 5.41) is 20.5. The maximum Gasteiger partial charge on any atom is 0.472 e. The summed E-state index contributed by atoms with van der Waals surface area (Å²) in [4.78, 5) is 58.3. The second kappa shape index (κ2) is 62.2. The summed E-state index contributed by atoms with van der Waals surface area (Å²) >= 11 is 0. The van der Waals surface area contributed by atoms with Crippen LogP contribution >= 0.6 is 15.6 Å². The fourth-order valence-corrected chi connectivity index (χ4v) is 9.80. The molecule has 5 atom stereocenters. The van der Waals surface area contributed by atoms with E-state index < -0.39 is 91.5 Å². The predicted molar refractivity (Wildman–Crippen MR) is 353 cm³/mol. The van der Waals surface area contributed by atoms with E-state index in [0.29, 0.717) is 25.7 Å². The van der Waals surface area contributed by atoms with Crippen molar-refractivity contribution in [1.82, 2.24) is 0 Å². The average Bonchev–Trinajstić information content (AvgIpc) is 3.68. The highest BCUT2D eigenvalue weighted by Crippen LogP contribution is 2.45. The van der Waals surface area contributed by atoms with Crippen LogP contribution in [0, 0.1) is 0 Å². The molecule has 4 N–H and O–H groups in total. The number of esters is 3. The largest absolute Gasteiger partial charge is 0.472 e. The highest BCUT2D eigenvalue weighted by atomic mass is 31.2. The number of unbranched alkanes of at least 4 members (excludes halogenated alkanes) is 18. The van der Waals surface area contributed by atoms with Gasteiger partial charge in [0.15, 0.2) is 6.10 Å². The minimum absolute atomic E-state index is 0.0903. The molecule has 0 aliphatic rings. The van der Waals surface area contributed by atoms with Crippen LogP contribution in [0.25, 0.3) is 0 Å². The summed E-state index contributed by atoms with van der Waals surface area (Å²) < 4.78 is 60.7. The molecule has 0 spiro atoms. The molecule has 0 amide bonds. The highest BCUT2D eigenvalue weighted by Gasteiger charge is 2.29. The summed E-state index contributed by atoms with van der Waals surface area (Å²) in [5.74, 6) is -1.68. The van der Waals surface area contributed by atoms with Crippen LogP contribution in [0.2, 0.25) is 0 Å². The first-order valence-corrected chi connectivity index (χ1v) is 35.8. The van der Waals surface area contributed by atoms with Crippen LogP contribution in [-0.2, 0) is 55.8 Å². The molecular weight excluding hydrogens is 1150 g/mol. The molecule has 16 nitrogen and oxygen atoms in total. The van der Waals surface area contributed by atoms with Crippen molar-refractivity contribution in [2.24, 2.45) is 0 Å². The zero-order chi connectivity index (χ0) is 63.8. The lowest BCUT2D eigenvalue weighted by Gasteiger charge is -2.21. The van der Waals surface area contributed by atoms with Gasteiger partial charge in [-0.2, -0.15) is 0 Å². The zero-order valence-electron chi connectivity index (χ0n) is 53.6. The molecular formula is C69H116O16P2. The minimum atomic E-state index is -4.94. The number of aliphatic hydroxyl groups excluding tert-OH is 2. The van der Waals surface area contributed by atoms with Crippen molar-refractivity contribution < 1.29 is 75.8 Å². The molecule has 0 bridgehead atoms. The Morgan fingerprint density at radius 3 is 1.01 bits per heavy atom. The number of carbonyl (C=O) groups is 3. The van der Waals surface area contributed by atoms with Gasteiger partial charge in [-0.15, -0.1) is 0 Å². The molecule has 498 valence electrons. The Balaban J connectivity index is 4.76. The maximum absolute atomic E-state index is 12.9. The quantitative estimate of drug-likeness (QED) is 0.0146. The van der Waals surface area contributed by atoms with Gasteiger partial charge in [-0.05, 0) is 103 Å². The Kier molecular flexibility index (Phi) is 59.3. The third-order valence-electron chi connectivity index (χ3n) is 13.2. The van der Waals surface area contributed by atoms with Crippen LogP contribution in [0.15, 0.2) is 122 Å². The van der Waals surface area contributed by atoms with Crippen molar-refractivity contribution >= 4 is 33.6 Å². The van der Waals surface area contributed by atoms with Crippen molar-refractivity contribution in [3.63, 3.8) is 0 Å². The summed E-state index contributed by atoms with van der Waals surface area (Å²) in [5.41, 5.74) is 0. The van der Waals surface area contributed by atoms with E-state index >= 15 is 0 Å². The van der Waals surface area contributed by atoms with Crippen molar-refractivity contribution in [2.45, 2.75) is 257 Å². The minimum Gasteiger partial charge on any atom is -0.463 e. The van der Waals surface area contributed by atoms with Crippen LogP contribution in [-0.4, -0.2) is 95.9 Å². The van der Waals surface area contributed by atoms with Gasteiger partial charge in [0.1, 0.15) is 25.4 Å². The molecule has 5 unspecified atom stereocenters. The molecule has 0 heterocycles. The van der Waals surface area contributed by atoms with Crippen molar-refractivity contribution in [3.8, 4) is 0 Å². The first-order valence-electron chi connectivity index (χ1n) is 32.8. The lowest BCUT2D eigenvalue weighted by molar-refractivity contribution is -0.161. The van der Waals surface area contributed by atoms with Crippen molar-refractivity contribution in [1.29, 1.82) is 0 Å². The number of allylic oxidation sites excluding steroid dienone is 20. The summed E-state index contributed by atoms with van der Waals surface area (Å²) in [6, 6.07) is 0. The molecule has 0 fully saturated rings. The number of hydrogen-bond acceptors (Lipinski definition) is 14. The predicted octanol–water partition coefficient (Wildman–Crippen LogP) is 17.9. The molecule has 0 saturated heterocycles. The van der Waals surface area contributed by atoms with Gasteiger partial charge in [0, 0.05) is 19.3 Å². The van der Waals surface area contributed by atoms with Crippen LogP contribution < -0.4 is 0 Å². The van der Waals surface area contributed by atoms with Gasteiger partial charge in [-0.1, -0.05) is 239 Å². The van der Waals surface area contributed by atoms with Gasteiger partial charge in [0.2, 0.25) is 0 Å². The Hall–Kier alpha value is -4.05. The smallest absolute Gasteiger partial charge is 0.463 e. The number of ether oxygens (including phenoxy) is 3. The Morgan fingerprint density at radius 1 is 0.333 bits per heavy atom. The summed E-state index contributed by atoms with van der Waals surface area (Å²) in [7, 11) is -9.80. The van der Waals surface area contributed by atoms with Gasteiger partial charge >= 0.3 is 33.6 Å². The van der Waals surface area contributed by atoms with E-state index in [1.807, 2.05) is 12.2 Å². The summed E-state index contributed by atoms with van der Waals surface area (Å²) in [6.45, 7) is 2.32. The molecule has 87 heavy (non-hydrogen) atoms. The van der Waals surface area contributed by atoms with E-state index in [1.54, 1.807) is 0 Å². The maximum atomic E-state index is 12.9. The molecule has 0 rings (SSSR count). The lowest BCUT2D eigenvalue weighted by atomic mass is 10.0. The van der Waals surface area contributed by atoms with Gasteiger partial charge in [-0.3, -0.25) is 32.5 Å². The number of phosphoric ester groups is 2. The van der Waals surface area contributed by atoms with Gasteiger partial charge in [0.05, 0.1) is 26.4 Å². The first kappa shape index (κ1) is 83.0. The first-order chi connectivity index (χ1) is 42.2. The van der Waals surface area contributed by atoms with Gasteiger partial charge < -0.3 is 34.2 Å². The van der Waals surface area contributed by atoms with Crippen LogP contribution in [0.4, 0.5) is 0 Å². The fourth-order valence-electron chi connectivity index (χ4n) is 8.22. The highest BCUT2D eigenvalue weighted by molar-refractivity contribution is 7.47. The number of phosphoric acid groups is 2. The number of rotatable bonds is 61. The van der Waals surface area contributed by atoms with E-state index in [9.17, 15) is 43.5 Å². The zero-order valence-corrected chi connectivity index (χ0v) is 55.4. The average molecular weight is 1260 g/mol. The van der Waals surface area contributed by atoms with E-state index in [-0.39, 0.29) is 19.3 Å². The third kappa shape index (κ3) is 63.3. The Labute approximate surface area is 525 Å². The van der Waals surface area contributed by atoms with Crippen molar-refractivity contribution in [2.75, 3.05) is 39.6 Å². The molecule has 0 aliphatic carbocycles. The second-order valence-corrected chi connectivity index (χ2v) is 24.4. The number of aliphatic hydroxyl groups is 2. The standard InChI is InChI=1S/C69H116O16P2/c1-4-7-10-13-16-19-22-25-28-30-31-33-36-37-40-43-46-49-52-55-67(72)79-58-64(70)59-81-86(75,76)82-60-65(71)61-83-87(77,78)84-63-66(85-69(74)57-54-51-48-45-42-39-34-27-24-21-18-15-12-9-6-3)62-80-68(73)56-53-50-47-44-41-38-35-32-29-26-23-20-17-14-11-8-5-2/h7-8,10-11,16-17,19-20,25-26,28-29,31,33,35,37-38,40,44,47,64-66,70-71H,4-6,9,12-15,18,21-24,27,30,32,34,36,39,41-43,45-46,48-63H2,1-3H3,(H,75,76)(H,77,78)/b10-7-,11-8-,19-16-,20-17-,28-25-,29-26-,33-31-,38-35-,40-37-,47-44-. The molecule has 0 aromatic heterocycles. The molecule has 0 aromatic carbocycles. The van der Waals surface area contributed by atoms with E-state index in [1.165, 1.54) is 64.2 Å². The van der Waals surface area contributed by atoms with Crippen LogP contribution in [0.5, 0.6) is 0 Å². The second-order valence-electron chi connectivity index (χ2n) is 21.5.